The molecular weight excluding hydrogens is 394 g/mol. The van der Waals surface area contributed by atoms with Gasteiger partial charge in [0.2, 0.25) is 0 Å². The molecule has 5 rings (SSSR count). The lowest BCUT2D eigenvalue weighted by atomic mass is 9.94. The van der Waals surface area contributed by atoms with Crippen LogP contribution < -0.4 is 5.73 Å². The number of aromatic nitrogens is 2. The molecule has 0 unspecified atom stereocenters. The monoisotopic (exact) mass is 411 g/mol. The van der Waals surface area contributed by atoms with E-state index >= 15 is 0 Å². The number of nitriles is 1. The molecular formula is C23H17N5OS. The summed E-state index contributed by atoms with van der Waals surface area (Å²) in [4.78, 5) is 15.6. The lowest BCUT2D eigenvalue weighted by molar-refractivity contribution is 0.0794. The Balaban J connectivity index is 1.62. The van der Waals surface area contributed by atoms with Crippen molar-refractivity contribution >= 4 is 33.8 Å². The molecule has 1 amide bonds. The van der Waals surface area contributed by atoms with Gasteiger partial charge in [0.05, 0.1) is 28.6 Å². The Morgan fingerprint density at radius 3 is 2.97 bits per heavy atom. The normalized spacial score (nSPS) is 12.9. The van der Waals surface area contributed by atoms with Crippen molar-refractivity contribution in [3.63, 3.8) is 0 Å². The molecule has 0 radical (unpaired) electrons. The third-order valence-electron chi connectivity index (χ3n) is 5.36. The summed E-state index contributed by atoms with van der Waals surface area (Å²) in [6.07, 6.45) is 0. The van der Waals surface area contributed by atoms with Gasteiger partial charge >= 0.3 is 0 Å². The first kappa shape index (κ1) is 18.2. The number of carbonyl (C=O) groups is 1. The number of hydrogen-bond donors (Lipinski definition) is 2. The molecule has 3 heterocycles. The molecule has 0 saturated heterocycles. The summed E-state index contributed by atoms with van der Waals surface area (Å²) in [5.41, 5.74) is 12.2. The van der Waals surface area contributed by atoms with E-state index in [1.807, 2.05) is 41.8 Å². The summed E-state index contributed by atoms with van der Waals surface area (Å²) < 4.78 is 0. The van der Waals surface area contributed by atoms with Gasteiger partial charge in [0.25, 0.3) is 5.91 Å². The molecule has 30 heavy (non-hydrogen) atoms. The van der Waals surface area contributed by atoms with Crippen molar-refractivity contribution in [1.82, 2.24) is 15.1 Å². The second-order valence-electron chi connectivity index (χ2n) is 7.24. The molecule has 3 N–H and O–H groups in total. The van der Waals surface area contributed by atoms with Crippen LogP contribution in [0.25, 0.3) is 32.6 Å². The molecule has 0 fully saturated rings. The topological polar surface area (TPSA) is 98.8 Å². The van der Waals surface area contributed by atoms with Gasteiger partial charge in [-0.15, -0.1) is 11.3 Å². The van der Waals surface area contributed by atoms with Crippen LogP contribution in [0.3, 0.4) is 0 Å². The maximum absolute atomic E-state index is 12.9. The Kier molecular flexibility index (Phi) is 4.16. The van der Waals surface area contributed by atoms with Crippen LogP contribution in [0.1, 0.15) is 15.9 Å². The maximum Gasteiger partial charge on any atom is 0.256 e. The zero-order valence-electron chi connectivity index (χ0n) is 16.0. The Bertz CT molecular complexity index is 1360. The van der Waals surface area contributed by atoms with Crippen LogP contribution in [0.15, 0.2) is 60.0 Å². The zero-order chi connectivity index (χ0) is 20.8. The van der Waals surface area contributed by atoms with Crippen LogP contribution >= 0.6 is 11.3 Å². The summed E-state index contributed by atoms with van der Waals surface area (Å²) in [7, 11) is 0. The number of nitrogen functional groups attached to an aromatic ring is 1. The van der Waals surface area contributed by atoms with E-state index in [9.17, 15) is 4.79 Å². The highest BCUT2D eigenvalue weighted by Crippen LogP contribution is 2.38. The number of nitrogens with zero attached hydrogens (tertiary/aromatic N) is 3. The van der Waals surface area contributed by atoms with Crippen LogP contribution in [0.4, 0.5) is 5.69 Å². The number of rotatable bonds is 4. The third-order valence-corrected chi connectivity index (χ3v) is 6.24. The van der Waals surface area contributed by atoms with E-state index in [-0.39, 0.29) is 12.5 Å². The van der Waals surface area contributed by atoms with Crippen LogP contribution in [0, 0.1) is 11.3 Å². The number of benzene rings is 2. The van der Waals surface area contributed by atoms with Crippen molar-refractivity contribution in [3.05, 3.63) is 71.1 Å². The molecule has 0 aliphatic carbocycles. The van der Waals surface area contributed by atoms with Crippen molar-refractivity contribution in [3.8, 4) is 27.8 Å². The molecule has 146 valence electrons. The molecule has 0 bridgehead atoms. The number of amides is 1. The number of fused-ring (bicyclic) bond motifs is 2. The number of hydrogen-bond acceptors (Lipinski definition) is 5. The van der Waals surface area contributed by atoms with Crippen LogP contribution in [-0.2, 0) is 6.54 Å². The third kappa shape index (κ3) is 2.78. The van der Waals surface area contributed by atoms with Crippen LogP contribution in [0.2, 0.25) is 0 Å². The first-order valence-corrected chi connectivity index (χ1v) is 10.3. The van der Waals surface area contributed by atoms with Crippen LogP contribution in [-0.4, -0.2) is 27.5 Å². The van der Waals surface area contributed by atoms with Gasteiger partial charge in [-0.2, -0.15) is 10.4 Å². The number of anilines is 1. The van der Waals surface area contributed by atoms with Gasteiger partial charge in [0, 0.05) is 23.2 Å². The SMILES string of the molecule is C=C(C#N)CN1Cc2c(-c3ccc4[nH]nc(-c5cccs5)c4c3)ccc(N)c2C1=O. The first-order valence-electron chi connectivity index (χ1n) is 9.37. The second kappa shape index (κ2) is 6.87. The average Bonchev–Trinajstić information content (AvgIpc) is 3.47. The van der Waals surface area contributed by atoms with Gasteiger partial charge in [-0.25, -0.2) is 0 Å². The number of thiophene rings is 1. The van der Waals surface area contributed by atoms with Crippen molar-refractivity contribution < 1.29 is 4.79 Å². The minimum Gasteiger partial charge on any atom is -0.398 e. The minimum atomic E-state index is -0.163. The quantitative estimate of drug-likeness (QED) is 0.379. The minimum absolute atomic E-state index is 0.163. The van der Waals surface area contributed by atoms with Crippen molar-refractivity contribution in [2.75, 3.05) is 12.3 Å². The Morgan fingerprint density at radius 1 is 1.33 bits per heavy atom. The van der Waals surface area contributed by atoms with Gasteiger partial charge in [-0.1, -0.05) is 24.8 Å². The summed E-state index contributed by atoms with van der Waals surface area (Å²) in [5.74, 6) is -0.163. The number of nitrogens with two attached hydrogens (primary N) is 1. The molecule has 0 atom stereocenters. The summed E-state index contributed by atoms with van der Waals surface area (Å²) in [6, 6.07) is 15.9. The largest absolute Gasteiger partial charge is 0.398 e. The van der Waals surface area contributed by atoms with Crippen LogP contribution in [0.5, 0.6) is 0 Å². The molecule has 2 aromatic carbocycles. The molecule has 1 aliphatic heterocycles. The summed E-state index contributed by atoms with van der Waals surface area (Å²) in [6.45, 7) is 4.30. The first-order chi connectivity index (χ1) is 14.6. The standard InChI is InChI=1S/C23H17N5OS/c1-13(10-24)11-28-12-17-15(5-6-18(25)21(17)23(28)29)14-4-7-19-16(9-14)22(27-26-19)20-3-2-8-30-20/h2-9H,1,11-12,25H2,(H,26,27). The molecule has 7 heteroatoms. The zero-order valence-corrected chi connectivity index (χ0v) is 16.8. The number of carbonyl (C=O) groups excluding carboxylic acids is 1. The fourth-order valence-electron chi connectivity index (χ4n) is 3.95. The fourth-order valence-corrected chi connectivity index (χ4v) is 4.68. The number of aromatic amines is 1. The molecule has 2 aromatic heterocycles. The van der Waals surface area contributed by atoms with E-state index < -0.39 is 0 Å². The van der Waals surface area contributed by atoms with Gasteiger partial charge < -0.3 is 10.6 Å². The molecule has 1 aliphatic rings. The second-order valence-corrected chi connectivity index (χ2v) is 8.19. The highest BCUT2D eigenvalue weighted by Gasteiger charge is 2.32. The lowest BCUT2D eigenvalue weighted by Crippen LogP contribution is -2.26. The highest BCUT2D eigenvalue weighted by molar-refractivity contribution is 7.13. The van der Waals surface area contributed by atoms with Crippen molar-refractivity contribution in [1.29, 1.82) is 5.26 Å². The predicted molar refractivity (Wildman–Crippen MR) is 119 cm³/mol. The predicted octanol–water partition coefficient (Wildman–Crippen LogP) is 4.58. The van der Waals surface area contributed by atoms with E-state index in [0.29, 0.717) is 23.4 Å². The van der Waals surface area contributed by atoms with E-state index in [1.54, 1.807) is 22.3 Å². The fraction of sp³-hybridized carbons (Fsp3) is 0.0870. The van der Waals surface area contributed by atoms with Gasteiger partial charge in [-0.3, -0.25) is 9.89 Å². The van der Waals surface area contributed by atoms with Crippen molar-refractivity contribution in [2.45, 2.75) is 6.54 Å². The molecule has 6 nitrogen and oxygen atoms in total. The summed E-state index contributed by atoms with van der Waals surface area (Å²) >= 11 is 1.64. The van der Waals surface area contributed by atoms with Gasteiger partial charge in [0.1, 0.15) is 5.69 Å². The van der Waals surface area contributed by atoms with Crippen molar-refractivity contribution in [2.24, 2.45) is 0 Å². The molecule has 4 aromatic rings. The Morgan fingerprint density at radius 2 is 2.20 bits per heavy atom. The van der Waals surface area contributed by atoms with E-state index in [4.69, 9.17) is 11.0 Å². The Labute approximate surface area is 176 Å². The molecule has 0 saturated carbocycles. The number of nitrogens with one attached hydrogen (secondary N) is 1. The average molecular weight is 411 g/mol. The number of H-pyrrole nitrogens is 1. The summed E-state index contributed by atoms with van der Waals surface area (Å²) in [5, 5.41) is 19.7. The van der Waals surface area contributed by atoms with E-state index in [2.05, 4.69) is 22.8 Å². The smallest absolute Gasteiger partial charge is 0.256 e. The maximum atomic E-state index is 12.9. The molecule has 0 spiro atoms. The highest BCUT2D eigenvalue weighted by atomic mass is 32.1. The lowest BCUT2D eigenvalue weighted by Gasteiger charge is -2.14. The van der Waals surface area contributed by atoms with E-state index in [1.165, 1.54) is 0 Å². The van der Waals surface area contributed by atoms with Gasteiger partial charge in [-0.05, 0) is 46.3 Å². The van der Waals surface area contributed by atoms with Gasteiger partial charge in [0.15, 0.2) is 0 Å². The van der Waals surface area contributed by atoms with E-state index in [0.717, 1.165) is 38.2 Å². The Hall–Kier alpha value is -3.89.